The van der Waals surface area contributed by atoms with Crippen LogP contribution in [-0.2, 0) is 11.3 Å². The van der Waals surface area contributed by atoms with E-state index in [9.17, 15) is 9.59 Å². The SMILES string of the molecule is CNC(=O)[C@@H]1CN(C(=O)c2occc2C)Cc2cncn21. The maximum Gasteiger partial charge on any atom is 0.290 e. The molecule has 7 heteroatoms. The van der Waals surface area contributed by atoms with Crippen LogP contribution in [0.15, 0.2) is 29.3 Å². The molecule has 2 aromatic rings. The number of furan rings is 1. The number of hydrogen-bond acceptors (Lipinski definition) is 4. The van der Waals surface area contributed by atoms with Crippen molar-refractivity contribution in [3.05, 3.63) is 41.9 Å². The van der Waals surface area contributed by atoms with Crippen LogP contribution in [0.5, 0.6) is 0 Å². The van der Waals surface area contributed by atoms with Crippen molar-refractivity contribution in [2.24, 2.45) is 0 Å². The van der Waals surface area contributed by atoms with E-state index in [0.717, 1.165) is 11.3 Å². The second kappa shape index (κ2) is 5.08. The predicted octanol–water partition coefficient (Wildman–Crippen LogP) is 0.728. The van der Waals surface area contributed by atoms with E-state index >= 15 is 0 Å². The average Bonchev–Trinajstić information content (AvgIpc) is 3.12. The molecule has 0 spiro atoms. The van der Waals surface area contributed by atoms with Crippen LogP contribution in [0, 0.1) is 6.92 Å². The lowest BCUT2D eigenvalue weighted by Crippen LogP contribution is -2.45. The van der Waals surface area contributed by atoms with Crippen molar-refractivity contribution < 1.29 is 14.0 Å². The fraction of sp³-hybridized carbons (Fsp3) is 0.357. The second-order valence-electron chi connectivity index (χ2n) is 5.04. The average molecular weight is 288 g/mol. The number of likely N-dealkylation sites (N-methyl/N-ethyl adjacent to an activating group) is 1. The number of nitrogens with zero attached hydrogens (tertiary/aromatic N) is 3. The molecular weight excluding hydrogens is 272 g/mol. The summed E-state index contributed by atoms with van der Waals surface area (Å²) >= 11 is 0. The second-order valence-corrected chi connectivity index (χ2v) is 5.04. The van der Waals surface area contributed by atoms with Crippen molar-refractivity contribution in [1.82, 2.24) is 19.8 Å². The fourth-order valence-corrected chi connectivity index (χ4v) is 2.56. The standard InChI is InChI=1S/C14H16N4O3/c1-9-3-4-21-12(9)14(20)17-6-10-5-16-8-18(10)11(7-17)13(19)15-2/h3-5,8,11H,6-7H2,1-2H3,(H,15,19)/t11-/m0/s1. The summed E-state index contributed by atoms with van der Waals surface area (Å²) in [5.74, 6) is -0.0413. The van der Waals surface area contributed by atoms with Gasteiger partial charge in [0.15, 0.2) is 5.76 Å². The molecular formula is C14H16N4O3. The van der Waals surface area contributed by atoms with Crippen LogP contribution >= 0.6 is 0 Å². The molecule has 1 aliphatic rings. The molecule has 0 saturated carbocycles. The van der Waals surface area contributed by atoms with E-state index in [0.29, 0.717) is 18.8 Å². The van der Waals surface area contributed by atoms with Gasteiger partial charge in [-0.2, -0.15) is 0 Å². The molecule has 3 rings (SSSR count). The highest BCUT2D eigenvalue weighted by atomic mass is 16.3. The van der Waals surface area contributed by atoms with E-state index in [-0.39, 0.29) is 11.8 Å². The molecule has 2 aromatic heterocycles. The van der Waals surface area contributed by atoms with E-state index in [1.165, 1.54) is 6.26 Å². The lowest BCUT2D eigenvalue weighted by Gasteiger charge is -2.33. The van der Waals surface area contributed by atoms with Gasteiger partial charge in [-0.05, 0) is 13.0 Å². The first-order valence-electron chi connectivity index (χ1n) is 6.67. The van der Waals surface area contributed by atoms with Crippen LogP contribution in [0.1, 0.15) is 27.9 Å². The molecule has 0 saturated heterocycles. The van der Waals surface area contributed by atoms with Crippen LogP contribution in [-0.4, -0.2) is 39.9 Å². The number of rotatable bonds is 2. The Morgan fingerprint density at radius 1 is 1.48 bits per heavy atom. The minimum Gasteiger partial charge on any atom is -0.459 e. The summed E-state index contributed by atoms with van der Waals surface area (Å²) in [6, 6.07) is 1.28. The summed E-state index contributed by atoms with van der Waals surface area (Å²) in [5.41, 5.74) is 1.61. The molecule has 1 atom stereocenters. The molecule has 0 unspecified atom stereocenters. The number of amides is 2. The molecule has 3 heterocycles. The van der Waals surface area contributed by atoms with E-state index in [1.54, 1.807) is 35.1 Å². The Balaban J connectivity index is 1.91. The quantitative estimate of drug-likeness (QED) is 0.883. The van der Waals surface area contributed by atoms with E-state index in [2.05, 4.69) is 10.3 Å². The van der Waals surface area contributed by atoms with Crippen molar-refractivity contribution in [2.75, 3.05) is 13.6 Å². The summed E-state index contributed by atoms with van der Waals surface area (Å²) in [7, 11) is 1.58. The van der Waals surface area contributed by atoms with Crippen LogP contribution in [0.3, 0.4) is 0 Å². The zero-order valence-corrected chi connectivity index (χ0v) is 11.9. The first kappa shape index (κ1) is 13.4. The number of fused-ring (bicyclic) bond motifs is 1. The van der Waals surface area contributed by atoms with Gasteiger partial charge in [0.2, 0.25) is 5.91 Å². The normalized spacial score (nSPS) is 17.4. The van der Waals surface area contributed by atoms with Gasteiger partial charge in [0.05, 0.1) is 31.4 Å². The predicted molar refractivity (Wildman–Crippen MR) is 73.5 cm³/mol. The molecule has 21 heavy (non-hydrogen) atoms. The molecule has 1 N–H and O–H groups in total. The highest BCUT2D eigenvalue weighted by molar-refractivity contribution is 5.93. The molecule has 7 nitrogen and oxygen atoms in total. The van der Waals surface area contributed by atoms with Gasteiger partial charge in [0, 0.05) is 18.8 Å². The molecule has 0 aliphatic carbocycles. The van der Waals surface area contributed by atoms with Crippen molar-refractivity contribution in [2.45, 2.75) is 19.5 Å². The Hall–Kier alpha value is -2.57. The summed E-state index contributed by atoms with van der Waals surface area (Å²) < 4.78 is 7.06. The number of aryl methyl sites for hydroxylation is 1. The molecule has 0 fully saturated rings. The monoisotopic (exact) mass is 288 g/mol. The van der Waals surface area contributed by atoms with Gasteiger partial charge in [0.1, 0.15) is 6.04 Å². The third kappa shape index (κ3) is 2.20. The third-order valence-electron chi connectivity index (χ3n) is 3.72. The number of nitrogens with one attached hydrogen (secondary N) is 1. The zero-order chi connectivity index (χ0) is 15.0. The molecule has 0 aromatic carbocycles. The number of hydrogen-bond donors (Lipinski definition) is 1. The summed E-state index contributed by atoms with van der Waals surface area (Å²) in [4.78, 5) is 30.2. The van der Waals surface area contributed by atoms with Gasteiger partial charge in [-0.15, -0.1) is 0 Å². The van der Waals surface area contributed by atoms with Crippen LogP contribution in [0.4, 0.5) is 0 Å². The van der Waals surface area contributed by atoms with Crippen LogP contribution < -0.4 is 5.32 Å². The van der Waals surface area contributed by atoms with Crippen molar-refractivity contribution in [1.29, 1.82) is 0 Å². The van der Waals surface area contributed by atoms with Crippen molar-refractivity contribution in [3.63, 3.8) is 0 Å². The van der Waals surface area contributed by atoms with Gasteiger partial charge in [0.25, 0.3) is 5.91 Å². The minimum atomic E-state index is -0.472. The smallest absolute Gasteiger partial charge is 0.290 e. The van der Waals surface area contributed by atoms with Gasteiger partial charge >= 0.3 is 0 Å². The van der Waals surface area contributed by atoms with Gasteiger partial charge in [-0.25, -0.2) is 4.98 Å². The highest BCUT2D eigenvalue weighted by Gasteiger charge is 2.33. The summed E-state index contributed by atoms with van der Waals surface area (Å²) in [5, 5.41) is 2.62. The molecule has 2 amide bonds. The van der Waals surface area contributed by atoms with Gasteiger partial charge in [-0.3, -0.25) is 9.59 Å². The first-order chi connectivity index (χ1) is 10.1. The topological polar surface area (TPSA) is 80.4 Å². The maximum atomic E-state index is 12.5. The minimum absolute atomic E-state index is 0.150. The highest BCUT2D eigenvalue weighted by Crippen LogP contribution is 2.23. The Labute approximate surface area is 121 Å². The molecule has 1 aliphatic heterocycles. The summed E-state index contributed by atoms with van der Waals surface area (Å²) in [6.45, 7) is 2.52. The Kier molecular flexibility index (Phi) is 3.25. The van der Waals surface area contributed by atoms with E-state index < -0.39 is 6.04 Å². The summed E-state index contributed by atoms with van der Waals surface area (Å²) in [6.07, 6.45) is 4.78. The van der Waals surface area contributed by atoms with Crippen molar-refractivity contribution in [3.8, 4) is 0 Å². The maximum absolute atomic E-state index is 12.5. The largest absolute Gasteiger partial charge is 0.459 e. The number of imidazole rings is 1. The van der Waals surface area contributed by atoms with Crippen LogP contribution in [0.25, 0.3) is 0 Å². The van der Waals surface area contributed by atoms with Crippen LogP contribution in [0.2, 0.25) is 0 Å². The van der Waals surface area contributed by atoms with Crippen molar-refractivity contribution >= 4 is 11.8 Å². The Morgan fingerprint density at radius 3 is 2.95 bits per heavy atom. The first-order valence-corrected chi connectivity index (χ1v) is 6.67. The molecule has 0 radical (unpaired) electrons. The fourth-order valence-electron chi connectivity index (χ4n) is 2.56. The number of carbonyl (C=O) groups excluding carboxylic acids is 2. The lowest BCUT2D eigenvalue weighted by molar-refractivity contribution is -0.124. The van der Waals surface area contributed by atoms with E-state index in [1.807, 2.05) is 6.92 Å². The molecule has 110 valence electrons. The third-order valence-corrected chi connectivity index (χ3v) is 3.72. The zero-order valence-electron chi connectivity index (χ0n) is 11.9. The van der Waals surface area contributed by atoms with Gasteiger partial charge < -0.3 is 19.2 Å². The number of aromatic nitrogens is 2. The lowest BCUT2D eigenvalue weighted by atomic mass is 10.1. The Bertz CT molecular complexity index is 688. The van der Waals surface area contributed by atoms with Gasteiger partial charge in [-0.1, -0.05) is 0 Å². The molecule has 0 bridgehead atoms. The Morgan fingerprint density at radius 2 is 2.29 bits per heavy atom. The van der Waals surface area contributed by atoms with E-state index in [4.69, 9.17) is 4.42 Å². The number of carbonyl (C=O) groups is 2.